The second-order valence-corrected chi connectivity index (χ2v) is 9.60. The zero-order chi connectivity index (χ0) is 25.1. The first-order valence-corrected chi connectivity index (χ1v) is 12.5. The number of benzene rings is 2. The number of ether oxygens (including phenoxy) is 1. The van der Waals surface area contributed by atoms with Crippen LogP contribution in [0.5, 0.6) is 5.75 Å². The van der Waals surface area contributed by atoms with Crippen molar-refractivity contribution in [3.8, 4) is 5.75 Å². The van der Waals surface area contributed by atoms with Crippen molar-refractivity contribution in [1.82, 2.24) is 10.3 Å². The number of pyridine rings is 1. The van der Waals surface area contributed by atoms with Crippen LogP contribution in [0.1, 0.15) is 30.5 Å². The number of aromatic nitrogens is 1. The van der Waals surface area contributed by atoms with Crippen LogP contribution in [-0.2, 0) is 4.79 Å². The summed E-state index contributed by atoms with van der Waals surface area (Å²) >= 11 is 7.36. The van der Waals surface area contributed by atoms with Crippen molar-refractivity contribution >= 4 is 46.4 Å². The molecule has 182 valence electrons. The Morgan fingerprint density at radius 3 is 2.64 bits per heavy atom. The van der Waals surface area contributed by atoms with Gasteiger partial charge in [0, 0.05) is 23.7 Å². The lowest BCUT2D eigenvalue weighted by Crippen LogP contribution is -2.29. The van der Waals surface area contributed by atoms with Crippen molar-refractivity contribution in [3.63, 3.8) is 0 Å². The summed E-state index contributed by atoms with van der Waals surface area (Å²) in [5.74, 6) is 1.11. The van der Waals surface area contributed by atoms with E-state index in [1.807, 2.05) is 83.8 Å². The molecule has 1 saturated heterocycles. The van der Waals surface area contributed by atoms with E-state index in [9.17, 15) is 4.79 Å². The topological polar surface area (TPSA) is 79.6 Å². The molecule has 0 saturated carbocycles. The Labute approximate surface area is 218 Å². The molecule has 9 heteroatoms. The molecule has 2 N–H and O–H groups in total. The smallest absolute Gasteiger partial charge is 0.221 e. The minimum absolute atomic E-state index is 0.191. The van der Waals surface area contributed by atoms with Crippen LogP contribution in [0.15, 0.2) is 99.5 Å². The summed E-state index contributed by atoms with van der Waals surface area (Å²) in [7, 11) is 1.57. The maximum atomic E-state index is 11.8. The largest absolute Gasteiger partial charge is 0.495 e. The summed E-state index contributed by atoms with van der Waals surface area (Å²) in [5, 5.41) is 7.57. The van der Waals surface area contributed by atoms with Crippen molar-refractivity contribution in [2.45, 2.75) is 29.0 Å². The molecule has 2 aromatic heterocycles. The third kappa shape index (κ3) is 4.93. The minimum atomic E-state index is -0.309. The van der Waals surface area contributed by atoms with Gasteiger partial charge in [-0.05, 0) is 66.8 Å². The normalized spacial score (nSPS) is 17.1. The van der Waals surface area contributed by atoms with Gasteiger partial charge in [-0.15, -0.1) is 0 Å². The second-order valence-electron chi connectivity index (χ2n) is 8.13. The third-order valence-electron chi connectivity index (χ3n) is 5.73. The molecule has 5 rings (SSSR count). The van der Waals surface area contributed by atoms with Crippen LogP contribution in [-0.4, -0.2) is 23.1 Å². The Kier molecular flexibility index (Phi) is 6.92. The Morgan fingerprint density at radius 1 is 1.11 bits per heavy atom. The van der Waals surface area contributed by atoms with Gasteiger partial charge in [-0.2, -0.15) is 0 Å². The van der Waals surface area contributed by atoms with Crippen LogP contribution in [0.2, 0.25) is 0 Å². The first-order valence-electron chi connectivity index (χ1n) is 11.3. The number of carbonyl (C=O) groups is 1. The SMILES string of the molecule is COc1ccc(N2C(=S)N[C@@H](c3ccccn3)[C@@H]2c2ccc(Sc3ccccc3)o2)cc1NC(C)=O. The Bertz CT molecular complexity index is 1380. The van der Waals surface area contributed by atoms with E-state index in [0.717, 1.165) is 27.1 Å². The molecule has 3 heterocycles. The van der Waals surface area contributed by atoms with Gasteiger partial charge in [-0.3, -0.25) is 9.78 Å². The van der Waals surface area contributed by atoms with Crippen molar-refractivity contribution in [2.24, 2.45) is 0 Å². The van der Waals surface area contributed by atoms with Gasteiger partial charge < -0.3 is 24.7 Å². The Morgan fingerprint density at radius 2 is 1.92 bits per heavy atom. The molecular weight excluding hydrogens is 492 g/mol. The summed E-state index contributed by atoms with van der Waals surface area (Å²) in [5.41, 5.74) is 2.19. The van der Waals surface area contributed by atoms with Crippen LogP contribution >= 0.6 is 24.0 Å². The Hall–Kier alpha value is -3.82. The fraction of sp³-hybridized carbons (Fsp3) is 0.148. The molecule has 36 heavy (non-hydrogen) atoms. The maximum absolute atomic E-state index is 11.8. The monoisotopic (exact) mass is 516 g/mol. The quantitative estimate of drug-likeness (QED) is 0.291. The number of nitrogens with one attached hydrogen (secondary N) is 2. The molecule has 2 atom stereocenters. The lowest BCUT2D eigenvalue weighted by atomic mass is 10.0. The number of amides is 1. The van der Waals surface area contributed by atoms with Gasteiger partial charge in [0.15, 0.2) is 10.2 Å². The number of nitrogens with zero attached hydrogens (tertiary/aromatic N) is 2. The number of furan rings is 1. The van der Waals surface area contributed by atoms with Crippen molar-refractivity contribution in [3.05, 3.63) is 96.5 Å². The molecule has 1 aliphatic heterocycles. The van der Waals surface area contributed by atoms with Crippen molar-refractivity contribution in [1.29, 1.82) is 0 Å². The predicted octanol–water partition coefficient (Wildman–Crippen LogP) is 5.97. The maximum Gasteiger partial charge on any atom is 0.221 e. The van der Waals surface area contributed by atoms with E-state index >= 15 is 0 Å². The van der Waals surface area contributed by atoms with Gasteiger partial charge in [0.25, 0.3) is 0 Å². The molecule has 0 spiro atoms. The van der Waals surface area contributed by atoms with Gasteiger partial charge in [0.2, 0.25) is 5.91 Å². The van der Waals surface area contributed by atoms with E-state index in [1.165, 1.54) is 6.92 Å². The average Bonchev–Trinajstić information content (AvgIpc) is 3.48. The van der Waals surface area contributed by atoms with Crippen molar-refractivity contribution in [2.75, 3.05) is 17.3 Å². The zero-order valence-corrected chi connectivity index (χ0v) is 21.3. The van der Waals surface area contributed by atoms with Crippen LogP contribution in [0, 0.1) is 0 Å². The number of rotatable bonds is 7. The van der Waals surface area contributed by atoms with E-state index in [-0.39, 0.29) is 18.0 Å². The number of methoxy groups -OCH3 is 1. The summed E-state index contributed by atoms with van der Waals surface area (Å²) in [6, 6.07) is 24.9. The second kappa shape index (κ2) is 10.4. The van der Waals surface area contributed by atoms with Crippen LogP contribution < -0.4 is 20.3 Å². The highest BCUT2D eigenvalue weighted by Crippen LogP contribution is 2.44. The Balaban J connectivity index is 1.55. The molecule has 1 fully saturated rings. The molecule has 0 aliphatic carbocycles. The number of hydrogen-bond acceptors (Lipinski definition) is 6. The molecule has 4 aromatic rings. The van der Waals surface area contributed by atoms with Crippen LogP contribution in [0.4, 0.5) is 11.4 Å². The highest BCUT2D eigenvalue weighted by molar-refractivity contribution is 7.99. The first kappa shape index (κ1) is 23.9. The van der Waals surface area contributed by atoms with Crippen molar-refractivity contribution < 1.29 is 13.9 Å². The lowest BCUT2D eigenvalue weighted by Gasteiger charge is -2.27. The molecule has 1 aliphatic rings. The molecular formula is C27H24N4O3S2. The number of thiocarbonyl (C=S) groups is 1. The standard InChI is InChI=1S/C27H24N4O3S2/c1-17(32)29-21-16-18(11-12-22(21)33-2)31-26(25(30-27(31)35)20-10-6-7-15-28-20)23-13-14-24(34-23)36-19-8-4-3-5-9-19/h3-16,25-26H,1-2H3,(H,29,32)(H,30,35)/t25-,26-/m0/s1. The van der Waals surface area contributed by atoms with Crippen LogP contribution in [0.25, 0.3) is 0 Å². The van der Waals surface area contributed by atoms with Gasteiger partial charge in [0.05, 0.1) is 24.5 Å². The summed E-state index contributed by atoms with van der Waals surface area (Å²) < 4.78 is 11.8. The minimum Gasteiger partial charge on any atom is -0.495 e. The fourth-order valence-corrected chi connectivity index (χ4v) is 5.35. The summed E-state index contributed by atoms with van der Waals surface area (Å²) in [4.78, 5) is 19.5. The van der Waals surface area contributed by atoms with E-state index in [0.29, 0.717) is 16.5 Å². The summed E-state index contributed by atoms with van der Waals surface area (Å²) in [6.45, 7) is 1.46. The van der Waals surface area contributed by atoms with Crippen LogP contribution in [0.3, 0.4) is 0 Å². The van der Waals surface area contributed by atoms with Gasteiger partial charge in [-0.25, -0.2) is 0 Å². The van der Waals surface area contributed by atoms with Gasteiger partial charge in [-0.1, -0.05) is 36.0 Å². The highest BCUT2D eigenvalue weighted by atomic mass is 32.2. The van der Waals surface area contributed by atoms with E-state index in [1.54, 1.807) is 25.1 Å². The van der Waals surface area contributed by atoms with E-state index in [4.69, 9.17) is 21.4 Å². The number of hydrogen-bond donors (Lipinski definition) is 2. The fourth-order valence-electron chi connectivity index (χ4n) is 4.21. The molecule has 0 bridgehead atoms. The predicted molar refractivity (Wildman–Crippen MR) is 145 cm³/mol. The number of carbonyl (C=O) groups excluding carboxylic acids is 1. The zero-order valence-electron chi connectivity index (χ0n) is 19.7. The third-order valence-corrected chi connectivity index (χ3v) is 6.97. The highest BCUT2D eigenvalue weighted by Gasteiger charge is 2.42. The molecule has 0 unspecified atom stereocenters. The average molecular weight is 517 g/mol. The molecule has 1 amide bonds. The lowest BCUT2D eigenvalue weighted by molar-refractivity contribution is -0.114. The number of anilines is 2. The first-order chi connectivity index (χ1) is 17.5. The molecule has 2 aromatic carbocycles. The molecule has 0 radical (unpaired) electrons. The van der Waals surface area contributed by atoms with E-state index in [2.05, 4.69) is 15.6 Å². The van der Waals surface area contributed by atoms with Gasteiger partial charge in [0.1, 0.15) is 17.6 Å². The molecule has 7 nitrogen and oxygen atoms in total. The summed E-state index contributed by atoms with van der Waals surface area (Å²) in [6.07, 6.45) is 1.76. The van der Waals surface area contributed by atoms with E-state index < -0.39 is 0 Å². The van der Waals surface area contributed by atoms with Gasteiger partial charge >= 0.3 is 0 Å².